The minimum atomic E-state index is -0.492. The Morgan fingerprint density at radius 1 is 1.15 bits per heavy atom. The lowest BCUT2D eigenvalue weighted by Gasteiger charge is -1.98. The molecule has 0 aromatic heterocycles. The van der Waals surface area contributed by atoms with E-state index in [-0.39, 0.29) is 5.69 Å². The normalized spacial score (nSPS) is 10.0. The molecule has 0 saturated carbocycles. The smallest absolute Gasteiger partial charge is 0.270 e. The molecule has 2 rings (SSSR count). The van der Waals surface area contributed by atoms with Gasteiger partial charge in [0.25, 0.3) is 5.69 Å². The van der Waals surface area contributed by atoms with E-state index in [9.17, 15) is 10.1 Å². The quantitative estimate of drug-likeness (QED) is 0.298. The van der Waals surface area contributed by atoms with E-state index in [0.717, 1.165) is 5.56 Å². The lowest BCUT2D eigenvalue weighted by molar-refractivity contribution is -0.384. The first-order valence-corrected chi connectivity index (χ1v) is 5.73. The zero-order chi connectivity index (χ0) is 14.4. The largest absolute Gasteiger partial charge is 0.411 e. The van der Waals surface area contributed by atoms with Gasteiger partial charge in [0.2, 0.25) is 0 Å². The van der Waals surface area contributed by atoms with E-state index in [2.05, 4.69) is 17.0 Å². The molecule has 2 aromatic carbocycles. The van der Waals surface area contributed by atoms with Crippen LogP contribution in [-0.2, 0) is 0 Å². The molecule has 0 aliphatic rings. The van der Waals surface area contributed by atoms with Gasteiger partial charge >= 0.3 is 0 Å². The molecule has 0 saturated heterocycles. The first-order valence-electron chi connectivity index (χ1n) is 5.73. The summed E-state index contributed by atoms with van der Waals surface area (Å²) in [4.78, 5) is 10.3. The second-order valence-electron chi connectivity index (χ2n) is 3.89. The van der Waals surface area contributed by atoms with Crippen LogP contribution in [0.25, 0.3) is 0 Å². The van der Waals surface area contributed by atoms with Gasteiger partial charge in [-0.05, 0) is 18.2 Å². The minimum absolute atomic E-state index is 0.0579. The van der Waals surface area contributed by atoms with Crippen LogP contribution in [0, 0.1) is 22.0 Å². The van der Waals surface area contributed by atoms with Crippen LogP contribution in [0.4, 0.5) is 5.69 Å². The molecule has 0 unspecified atom stereocenters. The van der Waals surface area contributed by atoms with E-state index >= 15 is 0 Å². The van der Waals surface area contributed by atoms with E-state index < -0.39 is 4.92 Å². The highest BCUT2D eigenvalue weighted by Crippen LogP contribution is 2.16. The van der Waals surface area contributed by atoms with Gasteiger partial charge in [-0.2, -0.15) is 0 Å². The molecule has 0 aliphatic heterocycles. The number of non-ortho nitro benzene ring substituents is 1. The van der Waals surface area contributed by atoms with Crippen molar-refractivity contribution in [1.82, 2.24) is 0 Å². The molecule has 0 radical (unpaired) electrons. The van der Waals surface area contributed by atoms with Crippen molar-refractivity contribution in [2.75, 3.05) is 0 Å². The molecule has 5 heteroatoms. The molecule has 20 heavy (non-hydrogen) atoms. The summed E-state index contributed by atoms with van der Waals surface area (Å²) < 4.78 is 0. The number of oxime groups is 1. The summed E-state index contributed by atoms with van der Waals surface area (Å²) in [5.74, 6) is 5.76. The number of hydrogen-bond donors (Lipinski definition) is 1. The third-order valence-electron chi connectivity index (χ3n) is 2.56. The Morgan fingerprint density at radius 3 is 2.55 bits per heavy atom. The molecular weight excluding hydrogens is 256 g/mol. The molecule has 2 aromatic rings. The van der Waals surface area contributed by atoms with Gasteiger partial charge < -0.3 is 5.21 Å². The van der Waals surface area contributed by atoms with Crippen molar-refractivity contribution < 1.29 is 10.1 Å². The Labute approximate surface area is 115 Å². The molecule has 0 spiro atoms. The third-order valence-corrected chi connectivity index (χ3v) is 2.56. The predicted octanol–water partition coefficient (Wildman–Crippen LogP) is 2.80. The fourth-order valence-corrected chi connectivity index (χ4v) is 1.60. The zero-order valence-corrected chi connectivity index (χ0v) is 10.4. The van der Waals surface area contributed by atoms with E-state index in [1.54, 1.807) is 0 Å². The summed E-state index contributed by atoms with van der Waals surface area (Å²) in [6.45, 7) is 0. The van der Waals surface area contributed by atoms with Crippen molar-refractivity contribution >= 4 is 11.9 Å². The summed E-state index contributed by atoms with van der Waals surface area (Å²) in [6, 6.07) is 13.4. The van der Waals surface area contributed by atoms with Crippen LogP contribution in [0.2, 0.25) is 0 Å². The lowest BCUT2D eigenvalue weighted by Crippen LogP contribution is -1.93. The first-order chi connectivity index (χ1) is 9.70. The van der Waals surface area contributed by atoms with Gasteiger partial charge in [-0.15, -0.1) is 0 Å². The van der Waals surface area contributed by atoms with Gasteiger partial charge in [-0.3, -0.25) is 10.1 Å². The van der Waals surface area contributed by atoms with E-state index in [0.29, 0.717) is 11.1 Å². The maximum Gasteiger partial charge on any atom is 0.270 e. The van der Waals surface area contributed by atoms with Crippen LogP contribution in [0.15, 0.2) is 53.7 Å². The van der Waals surface area contributed by atoms with Gasteiger partial charge in [0, 0.05) is 28.8 Å². The Hall–Kier alpha value is -3.13. The minimum Gasteiger partial charge on any atom is -0.411 e. The maximum absolute atomic E-state index is 10.8. The van der Waals surface area contributed by atoms with E-state index in [1.807, 2.05) is 30.3 Å². The van der Waals surface area contributed by atoms with Crippen LogP contribution < -0.4 is 0 Å². The molecule has 0 aliphatic carbocycles. The molecule has 1 N–H and O–H groups in total. The molecule has 98 valence electrons. The average molecular weight is 266 g/mol. The third kappa shape index (κ3) is 3.21. The molecule has 0 atom stereocenters. The van der Waals surface area contributed by atoms with Crippen molar-refractivity contribution in [3.05, 3.63) is 75.3 Å². The number of rotatable bonds is 2. The standard InChI is InChI=1S/C15H10N2O3/c18-16-11-14-8-9-15(17(19)20)10-13(14)7-6-12-4-2-1-3-5-12/h1-5,8-11,18H/b16-11+. The highest BCUT2D eigenvalue weighted by atomic mass is 16.6. The topological polar surface area (TPSA) is 75.7 Å². The van der Waals surface area contributed by atoms with E-state index in [1.165, 1.54) is 24.4 Å². The first kappa shape index (κ1) is 13.3. The van der Waals surface area contributed by atoms with Crippen LogP contribution in [0.5, 0.6) is 0 Å². The molecule has 0 fully saturated rings. The number of benzene rings is 2. The van der Waals surface area contributed by atoms with Crippen molar-refractivity contribution in [3.8, 4) is 11.8 Å². The van der Waals surface area contributed by atoms with Crippen molar-refractivity contribution in [3.63, 3.8) is 0 Å². The van der Waals surface area contributed by atoms with Crippen LogP contribution in [0.1, 0.15) is 16.7 Å². The number of nitro groups is 1. The van der Waals surface area contributed by atoms with Crippen LogP contribution >= 0.6 is 0 Å². The van der Waals surface area contributed by atoms with Gasteiger partial charge in [0.05, 0.1) is 11.1 Å². The second kappa shape index (κ2) is 6.16. The zero-order valence-electron chi connectivity index (χ0n) is 10.4. The molecule has 5 nitrogen and oxygen atoms in total. The summed E-state index contributed by atoms with van der Waals surface area (Å²) in [7, 11) is 0. The van der Waals surface area contributed by atoms with Crippen molar-refractivity contribution in [2.24, 2.45) is 5.16 Å². The Balaban J connectivity index is 2.46. The fraction of sp³-hybridized carbons (Fsp3) is 0. The summed E-state index contributed by atoms with van der Waals surface area (Å²) in [5.41, 5.74) is 1.69. The van der Waals surface area contributed by atoms with Gasteiger partial charge in [0.15, 0.2) is 0 Å². The number of nitrogens with zero attached hydrogens (tertiary/aromatic N) is 2. The number of nitro benzene ring substituents is 1. The monoisotopic (exact) mass is 266 g/mol. The average Bonchev–Trinajstić information content (AvgIpc) is 2.47. The van der Waals surface area contributed by atoms with Crippen molar-refractivity contribution in [1.29, 1.82) is 0 Å². The maximum atomic E-state index is 10.8. The summed E-state index contributed by atoms with van der Waals surface area (Å²) >= 11 is 0. The van der Waals surface area contributed by atoms with Crippen LogP contribution in [-0.4, -0.2) is 16.3 Å². The van der Waals surface area contributed by atoms with E-state index in [4.69, 9.17) is 5.21 Å². The Bertz CT molecular complexity index is 713. The predicted molar refractivity (Wildman–Crippen MR) is 74.9 cm³/mol. The molecule has 0 heterocycles. The summed E-state index contributed by atoms with van der Waals surface area (Å²) in [5, 5.41) is 22.3. The fourth-order valence-electron chi connectivity index (χ4n) is 1.60. The van der Waals surface area contributed by atoms with Gasteiger partial charge in [-0.25, -0.2) is 0 Å². The SMILES string of the molecule is O=[N+]([O-])c1ccc(/C=N/O)c(C#Cc2ccccc2)c1. The lowest BCUT2D eigenvalue weighted by atomic mass is 10.1. The van der Waals surface area contributed by atoms with Gasteiger partial charge in [-0.1, -0.05) is 35.2 Å². The Kier molecular flexibility index (Phi) is 4.10. The van der Waals surface area contributed by atoms with Crippen LogP contribution in [0.3, 0.4) is 0 Å². The van der Waals surface area contributed by atoms with Crippen molar-refractivity contribution in [2.45, 2.75) is 0 Å². The molecule has 0 amide bonds. The summed E-state index contributed by atoms with van der Waals surface area (Å²) in [6.07, 6.45) is 1.19. The van der Waals surface area contributed by atoms with Gasteiger partial charge in [0.1, 0.15) is 0 Å². The highest BCUT2D eigenvalue weighted by Gasteiger charge is 2.08. The number of hydrogen-bond acceptors (Lipinski definition) is 4. The second-order valence-corrected chi connectivity index (χ2v) is 3.89. The highest BCUT2D eigenvalue weighted by molar-refractivity contribution is 5.83. The Morgan fingerprint density at radius 2 is 1.90 bits per heavy atom. The molecular formula is C15H10N2O3. The molecule has 0 bridgehead atoms.